The lowest BCUT2D eigenvalue weighted by atomic mass is 9.97. The van der Waals surface area contributed by atoms with Crippen molar-refractivity contribution in [1.29, 1.82) is 0 Å². The summed E-state index contributed by atoms with van der Waals surface area (Å²) in [6.45, 7) is 8.16. The third kappa shape index (κ3) is 33.5. The largest absolute Gasteiger partial charge is 0.205 e. The standard InChI is InChI=1S/C50H96N/c1-4-7-10-13-16-19-22-25-28-31-34-37-40-43-49-45-47-51(46-42-39-36-33-30-27-24-21-18-15-12-9-6-3)48-50(49)44-41-38-35-32-29-26-23-20-17-14-11-8-5-2/h45,47-48H,4-44,46H2,1-3H3/q+1. The maximum atomic E-state index is 2.57. The van der Waals surface area contributed by atoms with E-state index in [-0.39, 0.29) is 0 Å². The average molecular weight is 711 g/mol. The van der Waals surface area contributed by atoms with Gasteiger partial charge in [-0.15, -0.1) is 0 Å². The number of aryl methyl sites for hydroxylation is 3. The molecule has 0 saturated heterocycles. The highest BCUT2D eigenvalue weighted by molar-refractivity contribution is 5.21. The van der Waals surface area contributed by atoms with Gasteiger partial charge < -0.3 is 0 Å². The fraction of sp³-hybridized carbons (Fsp3) is 0.900. The van der Waals surface area contributed by atoms with Crippen LogP contribution in [0.2, 0.25) is 0 Å². The summed E-state index contributed by atoms with van der Waals surface area (Å²) in [5, 5.41) is 0. The summed E-state index contributed by atoms with van der Waals surface area (Å²) in [6, 6.07) is 2.51. The lowest BCUT2D eigenvalue weighted by Crippen LogP contribution is -2.34. The minimum Gasteiger partial charge on any atom is -0.205 e. The fourth-order valence-electron chi connectivity index (χ4n) is 8.21. The molecular weight excluding hydrogens is 615 g/mol. The molecule has 1 heteroatoms. The van der Waals surface area contributed by atoms with E-state index < -0.39 is 0 Å². The molecule has 0 fully saturated rings. The summed E-state index contributed by atoms with van der Waals surface area (Å²) in [4.78, 5) is 0. The molecule has 0 unspecified atom stereocenters. The van der Waals surface area contributed by atoms with Gasteiger partial charge in [-0.05, 0) is 37.7 Å². The van der Waals surface area contributed by atoms with Gasteiger partial charge in [0.05, 0.1) is 0 Å². The van der Waals surface area contributed by atoms with Crippen molar-refractivity contribution < 1.29 is 4.57 Å². The molecule has 0 amide bonds. The molecule has 0 aromatic carbocycles. The van der Waals surface area contributed by atoms with E-state index in [0.29, 0.717) is 0 Å². The number of rotatable bonds is 42. The van der Waals surface area contributed by atoms with Gasteiger partial charge in [0.2, 0.25) is 0 Å². The zero-order chi connectivity index (χ0) is 36.6. The first kappa shape index (κ1) is 48.2. The van der Waals surface area contributed by atoms with Crippen molar-refractivity contribution in [3.8, 4) is 0 Å². The zero-order valence-electron chi connectivity index (χ0n) is 35.9. The van der Waals surface area contributed by atoms with Gasteiger partial charge in [-0.2, -0.15) is 0 Å². The predicted octanol–water partition coefficient (Wildman–Crippen LogP) is 17.3. The van der Waals surface area contributed by atoms with Crippen molar-refractivity contribution in [2.24, 2.45) is 0 Å². The first-order chi connectivity index (χ1) is 25.3. The van der Waals surface area contributed by atoms with Gasteiger partial charge in [-0.3, -0.25) is 0 Å². The average Bonchev–Trinajstić information content (AvgIpc) is 3.14. The maximum Gasteiger partial charge on any atom is 0.172 e. The maximum absolute atomic E-state index is 2.57. The van der Waals surface area contributed by atoms with E-state index in [9.17, 15) is 0 Å². The molecule has 0 spiro atoms. The van der Waals surface area contributed by atoms with Crippen LogP contribution in [0.1, 0.15) is 282 Å². The van der Waals surface area contributed by atoms with Gasteiger partial charge in [0.1, 0.15) is 6.54 Å². The Morgan fingerprint density at radius 3 is 0.863 bits per heavy atom. The Hall–Kier alpha value is -0.850. The van der Waals surface area contributed by atoms with Crippen LogP contribution >= 0.6 is 0 Å². The number of nitrogens with zero attached hydrogens (tertiary/aromatic N) is 1. The Morgan fingerprint density at radius 2 is 0.549 bits per heavy atom. The van der Waals surface area contributed by atoms with Gasteiger partial charge in [-0.25, -0.2) is 4.57 Å². The van der Waals surface area contributed by atoms with Crippen molar-refractivity contribution in [2.75, 3.05) is 0 Å². The topological polar surface area (TPSA) is 3.88 Å². The van der Waals surface area contributed by atoms with Crippen molar-refractivity contribution in [3.05, 3.63) is 29.6 Å². The molecule has 1 aromatic rings. The Labute approximate surface area is 323 Å². The smallest absolute Gasteiger partial charge is 0.172 e. The fourth-order valence-corrected chi connectivity index (χ4v) is 8.21. The van der Waals surface area contributed by atoms with Gasteiger partial charge >= 0.3 is 0 Å². The summed E-state index contributed by atoms with van der Waals surface area (Å²) in [5.41, 5.74) is 3.34. The third-order valence-corrected chi connectivity index (χ3v) is 11.8. The number of hydrogen-bond acceptors (Lipinski definition) is 0. The summed E-state index contributed by atoms with van der Waals surface area (Å²) in [5.74, 6) is 0. The number of pyridine rings is 1. The highest BCUT2D eigenvalue weighted by atomic mass is 14.9. The molecule has 0 bridgehead atoms. The molecule has 0 N–H and O–H groups in total. The van der Waals surface area contributed by atoms with Gasteiger partial charge in [-0.1, -0.05) is 245 Å². The van der Waals surface area contributed by atoms with E-state index in [2.05, 4.69) is 43.8 Å². The lowest BCUT2D eigenvalue weighted by molar-refractivity contribution is -0.697. The molecule has 51 heavy (non-hydrogen) atoms. The van der Waals surface area contributed by atoms with Crippen LogP contribution in [-0.4, -0.2) is 0 Å². The second-order valence-corrected chi connectivity index (χ2v) is 17.0. The molecule has 1 rings (SSSR count). The monoisotopic (exact) mass is 711 g/mol. The van der Waals surface area contributed by atoms with Crippen LogP contribution in [0.3, 0.4) is 0 Å². The molecule has 1 heterocycles. The van der Waals surface area contributed by atoms with Gasteiger partial charge in [0.15, 0.2) is 12.4 Å². The molecule has 0 aliphatic carbocycles. The SMILES string of the molecule is CCCCCCCCCCCCCCCc1cc[n+](CCCCCCCCCCCCCCC)cc1CCCCCCCCCCCCCCC. The minimum atomic E-state index is 1.21. The van der Waals surface area contributed by atoms with Crippen molar-refractivity contribution in [3.63, 3.8) is 0 Å². The molecule has 0 saturated carbocycles. The lowest BCUT2D eigenvalue weighted by Gasteiger charge is -2.10. The van der Waals surface area contributed by atoms with Crippen LogP contribution in [0.5, 0.6) is 0 Å². The molecular formula is C50H96N+. The van der Waals surface area contributed by atoms with Crippen LogP contribution in [-0.2, 0) is 19.4 Å². The summed E-state index contributed by atoms with van der Waals surface area (Å²) in [7, 11) is 0. The van der Waals surface area contributed by atoms with Gasteiger partial charge in [0.25, 0.3) is 0 Å². The van der Waals surface area contributed by atoms with Crippen molar-refractivity contribution in [2.45, 2.75) is 291 Å². The van der Waals surface area contributed by atoms with E-state index in [0.717, 1.165) is 0 Å². The van der Waals surface area contributed by atoms with E-state index >= 15 is 0 Å². The number of unbranched alkanes of at least 4 members (excludes halogenated alkanes) is 36. The van der Waals surface area contributed by atoms with Crippen LogP contribution < -0.4 is 4.57 Å². The summed E-state index contributed by atoms with van der Waals surface area (Å²) in [6.07, 6.45) is 63.8. The van der Waals surface area contributed by atoms with Crippen LogP contribution in [0.15, 0.2) is 18.5 Å². The normalized spacial score (nSPS) is 11.6. The first-order valence-electron chi connectivity index (χ1n) is 24.3. The third-order valence-electron chi connectivity index (χ3n) is 11.8. The Kier molecular flexibility index (Phi) is 38.1. The molecule has 0 radical (unpaired) electrons. The van der Waals surface area contributed by atoms with E-state index in [1.54, 1.807) is 11.1 Å². The number of aromatic nitrogens is 1. The predicted molar refractivity (Wildman–Crippen MR) is 231 cm³/mol. The van der Waals surface area contributed by atoms with E-state index in [1.165, 1.54) is 270 Å². The summed E-state index contributed by atoms with van der Waals surface area (Å²) < 4.78 is 2.55. The highest BCUT2D eigenvalue weighted by Crippen LogP contribution is 2.19. The molecule has 1 aromatic heterocycles. The zero-order valence-corrected chi connectivity index (χ0v) is 35.9. The highest BCUT2D eigenvalue weighted by Gasteiger charge is 2.10. The van der Waals surface area contributed by atoms with Crippen LogP contribution in [0.25, 0.3) is 0 Å². The quantitative estimate of drug-likeness (QED) is 0.0470. The summed E-state index contributed by atoms with van der Waals surface area (Å²) >= 11 is 0. The number of hydrogen-bond donors (Lipinski definition) is 0. The molecule has 1 nitrogen and oxygen atoms in total. The molecule has 0 aliphatic rings. The molecule has 0 aliphatic heterocycles. The molecule has 300 valence electrons. The Balaban J connectivity index is 2.30. The van der Waals surface area contributed by atoms with E-state index in [4.69, 9.17) is 0 Å². The minimum absolute atomic E-state index is 1.21. The van der Waals surface area contributed by atoms with Gasteiger partial charge in [0, 0.05) is 18.1 Å². The second kappa shape index (κ2) is 40.3. The van der Waals surface area contributed by atoms with Crippen molar-refractivity contribution in [1.82, 2.24) is 0 Å². The Bertz CT molecular complexity index is 798. The van der Waals surface area contributed by atoms with Crippen LogP contribution in [0.4, 0.5) is 0 Å². The van der Waals surface area contributed by atoms with Crippen molar-refractivity contribution >= 4 is 0 Å². The Morgan fingerprint density at radius 1 is 0.294 bits per heavy atom. The molecule has 0 atom stereocenters. The van der Waals surface area contributed by atoms with Crippen LogP contribution in [0, 0.1) is 0 Å². The second-order valence-electron chi connectivity index (χ2n) is 17.0. The first-order valence-corrected chi connectivity index (χ1v) is 24.3. The van der Waals surface area contributed by atoms with E-state index in [1.807, 2.05) is 0 Å².